The summed E-state index contributed by atoms with van der Waals surface area (Å²) in [5.74, 6) is 1.75. The highest BCUT2D eigenvalue weighted by atomic mass is 32.2. The van der Waals surface area contributed by atoms with E-state index in [4.69, 9.17) is 9.73 Å². The van der Waals surface area contributed by atoms with E-state index >= 15 is 0 Å². The first kappa shape index (κ1) is 22.0. The normalized spacial score (nSPS) is 15.2. The van der Waals surface area contributed by atoms with Crippen LogP contribution in [-0.4, -0.2) is 65.4 Å². The lowest BCUT2D eigenvalue weighted by Gasteiger charge is -2.37. The molecule has 0 spiro atoms. The number of piperazine rings is 1. The number of hydrogen-bond acceptors (Lipinski definition) is 5. The molecule has 0 saturated carbocycles. The van der Waals surface area contributed by atoms with E-state index in [1.807, 2.05) is 24.3 Å². The zero-order valence-electron chi connectivity index (χ0n) is 17.8. The maximum Gasteiger partial charge on any atom is 0.194 e. The van der Waals surface area contributed by atoms with Gasteiger partial charge in [0.2, 0.25) is 0 Å². The number of nitrogens with one attached hydrogen (secondary N) is 1. The van der Waals surface area contributed by atoms with Gasteiger partial charge in [-0.3, -0.25) is 0 Å². The first-order valence-corrected chi connectivity index (χ1v) is 12.0. The van der Waals surface area contributed by atoms with Gasteiger partial charge in [-0.15, -0.1) is 0 Å². The molecule has 3 rings (SSSR count). The number of guanidine groups is 1. The lowest BCUT2D eigenvalue weighted by atomic mass is 10.2. The van der Waals surface area contributed by atoms with E-state index in [9.17, 15) is 8.42 Å². The van der Waals surface area contributed by atoms with Gasteiger partial charge in [-0.1, -0.05) is 18.2 Å². The number of ether oxygens (including phenoxy) is 1. The molecular weight excluding hydrogens is 400 g/mol. The van der Waals surface area contributed by atoms with Gasteiger partial charge in [0.15, 0.2) is 15.8 Å². The molecule has 1 saturated heterocycles. The molecule has 0 atom stereocenters. The summed E-state index contributed by atoms with van der Waals surface area (Å²) in [6, 6.07) is 15.1. The quantitative estimate of drug-likeness (QED) is 0.560. The average molecular weight is 431 g/mol. The fourth-order valence-electron chi connectivity index (χ4n) is 3.42. The minimum Gasteiger partial charge on any atom is -0.497 e. The minimum atomic E-state index is -3.18. The summed E-state index contributed by atoms with van der Waals surface area (Å²) >= 11 is 0. The third-order valence-electron chi connectivity index (χ3n) is 5.10. The van der Waals surface area contributed by atoms with Crippen LogP contribution in [0.2, 0.25) is 0 Å². The van der Waals surface area contributed by atoms with Crippen molar-refractivity contribution in [2.75, 3.05) is 51.0 Å². The second kappa shape index (κ2) is 9.84. The molecule has 162 valence electrons. The third kappa shape index (κ3) is 5.66. The minimum absolute atomic E-state index is 0.329. The van der Waals surface area contributed by atoms with Crippen LogP contribution >= 0.6 is 0 Å². The topological polar surface area (TPSA) is 74.2 Å². The van der Waals surface area contributed by atoms with Gasteiger partial charge >= 0.3 is 0 Å². The van der Waals surface area contributed by atoms with E-state index in [-0.39, 0.29) is 0 Å². The summed E-state index contributed by atoms with van der Waals surface area (Å²) in [5.41, 5.74) is 2.15. The van der Waals surface area contributed by atoms with Crippen molar-refractivity contribution in [1.29, 1.82) is 0 Å². The van der Waals surface area contributed by atoms with Crippen molar-refractivity contribution in [3.63, 3.8) is 0 Å². The van der Waals surface area contributed by atoms with Gasteiger partial charge in [-0.2, -0.15) is 0 Å². The summed E-state index contributed by atoms with van der Waals surface area (Å²) in [5, 5.41) is 3.37. The number of nitrogens with zero attached hydrogens (tertiary/aromatic N) is 3. The molecule has 30 heavy (non-hydrogen) atoms. The van der Waals surface area contributed by atoms with Gasteiger partial charge in [0.05, 0.1) is 18.6 Å². The molecule has 2 aromatic rings. The molecule has 8 heteroatoms. The molecule has 1 aliphatic heterocycles. The van der Waals surface area contributed by atoms with Crippen LogP contribution in [0.1, 0.15) is 12.5 Å². The van der Waals surface area contributed by atoms with Crippen LogP contribution in [-0.2, 0) is 16.4 Å². The van der Waals surface area contributed by atoms with E-state index < -0.39 is 9.84 Å². The molecule has 0 aliphatic carbocycles. The molecule has 0 amide bonds. The fraction of sp³-hybridized carbons (Fsp3) is 0.409. The zero-order valence-corrected chi connectivity index (χ0v) is 18.7. The van der Waals surface area contributed by atoms with Crippen molar-refractivity contribution in [3.8, 4) is 5.75 Å². The molecule has 0 aromatic heterocycles. The number of hydrogen-bond donors (Lipinski definition) is 1. The smallest absolute Gasteiger partial charge is 0.194 e. The van der Waals surface area contributed by atoms with Crippen molar-refractivity contribution in [1.82, 2.24) is 10.2 Å². The molecule has 0 bridgehead atoms. The van der Waals surface area contributed by atoms with Crippen LogP contribution in [0.4, 0.5) is 5.69 Å². The van der Waals surface area contributed by atoms with Crippen LogP contribution in [0, 0.1) is 0 Å². The highest BCUT2D eigenvalue weighted by Gasteiger charge is 2.20. The number of benzene rings is 2. The van der Waals surface area contributed by atoms with Crippen molar-refractivity contribution < 1.29 is 13.2 Å². The van der Waals surface area contributed by atoms with E-state index in [1.165, 1.54) is 11.9 Å². The number of sulfone groups is 1. The molecule has 1 N–H and O–H groups in total. The highest BCUT2D eigenvalue weighted by Crippen LogP contribution is 2.22. The maximum absolute atomic E-state index is 11.6. The summed E-state index contributed by atoms with van der Waals surface area (Å²) in [7, 11) is -1.49. The first-order valence-electron chi connectivity index (χ1n) is 10.1. The molecule has 2 aromatic carbocycles. The van der Waals surface area contributed by atoms with Crippen LogP contribution in [0.15, 0.2) is 58.4 Å². The molecule has 1 aliphatic rings. The fourth-order valence-corrected chi connectivity index (χ4v) is 4.05. The standard InChI is InChI=1S/C22H30N4O3S/c1-4-23-22(24-17-18-8-10-21(11-9-18)30(3,27)28)26-14-12-25(13-15-26)19-6-5-7-20(16-19)29-2/h5-11,16H,4,12-15,17H2,1-3H3,(H,23,24). The van der Waals surface area contributed by atoms with Crippen molar-refractivity contribution in [2.24, 2.45) is 4.99 Å². The van der Waals surface area contributed by atoms with Gasteiger partial charge in [-0.25, -0.2) is 13.4 Å². The van der Waals surface area contributed by atoms with Gasteiger partial charge in [-0.05, 0) is 36.8 Å². The Kier molecular flexibility index (Phi) is 7.20. The van der Waals surface area contributed by atoms with Crippen LogP contribution in [0.25, 0.3) is 0 Å². The third-order valence-corrected chi connectivity index (χ3v) is 6.22. The highest BCUT2D eigenvalue weighted by molar-refractivity contribution is 7.90. The van der Waals surface area contributed by atoms with Crippen molar-refractivity contribution >= 4 is 21.5 Å². The molecule has 7 nitrogen and oxygen atoms in total. The molecule has 1 heterocycles. The molecule has 0 unspecified atom stereocenters. The molecular formula is C22H30N4O3S. The Hall–Kier alpha value is -2.74. The summed E-state index contributed by atoms with van der Waals surface area (Å²) in [6.45, 7) is 6.90. The van der Waals surface area contributed by atoms with Crippen LogP contribution in [0.5, 0.6) is 5.75 Å². The first-order chi connectivity index (χ1) is 14.4. The Labute approximate surface area is 179 Å². The molecule has 1 fully saturated rings. The van der Waals surface area contributed by atoms with Crippen LogP contribution in [0.3, 0.4) is 0 Å². The molecule has 0 radical (unpaired) electrons. The van der Waals surface area contributed by atoms with E-state index in [0.717, 1.165) is 50.0 Å². The van der Waals surface area contributed by atoms with E-state index in [0.29, 0.717) is 11.4 Å². The average Bonchev–Trinajstić information content (AvgIpc) is 2.76. The van der Waals surface area contributed by atoms with Gasteiger partial charge in [0.1, 0.15) is 5.75 Å². The van der Waals surface area contributed by atoms with E-state index in [1.54, 1.807) is 19.2 Å². The van der Waals surface area contributed by atoms with Gasteiger partial charge < -0.3 is 19.9 Å². The Morgan fingerprint density at radius 3 is 2.40 bits per heavy atom. The number of methoxy groups -OCH3 is 1. The predicted molar refractivity (Wildman–Crippen MR) is 121 cm³/mol. The summed E-state index contributed by atoms with van der Waals surface area (Å²) in [6.07, 6.45) is 1.22. The Balaban J connectivity index is 1.63. The monoisotopic (exact) mass is 430 g/mol. The predicted octanol–water partition coefficient (Wildman–Crippen LogP) is 2.39. The van der Waals surface area contributed by atoms with Crippen LogP contribution < -0.4 is 15.0 Å². The van der Waals surface area contributed by atoms with Crippen molar-refractivity contribution in [3.05, 3.63) is 54.1 Å². The maximum atomic E-state index is 11.6. The largest absolute Gasteiger partial charge is 0.497 e. The van der Waals surface area contributed by atoms with Crippen molar-refractivity contribution in [2.45, 2.75) is 18.4 Å². The Morgan fingerprint density at radius 1 is 1.10 bits per heavy atom. The zero-order chi connectivity index (χ0) is 21.6. The number of rotatable bonds is 6. The lowest BCUT2D eigenvalue weighted by molar-refractivity contribution is 0.372. The van der Waals surface area contributed by atoms with Gasteiger partial charge in [0, 0.05) is 50.7 Å². The lowest BCUT2D eigenvalue weighted by Crippen LogP contribution is -2.52. The summed E-state index contributed by atoms with van der Waals surface area (Å²) < 4.78 is 28.6. The second-order valence-electron chi connectivity index (χ2n) is 7.26. The van der Waals surface area contributed by atoms with Gasteiger partial charge in [0.25, 0.3) is 0 Å². The Morgan fingerprint density at radius 2 is 1.80 bits per heavy atom. The SMILES string of the molecule is CCNC(=NCc1ccc(S(C)(=O)=O)cc1)N1CCN(c2cccc(OC)c2)CC1. The van der Waals surface area contributed by atoms with E-state index in [2.05, 4.69) is 34.2 Å². The second-order valence-corrected chi connectivity index (χ2v) is 9.28. The number of aliphatic imine (C=N–C) groups is 1. The number of anilines is 1. The summed E-state index contributed by atoms with van der Waals surface area (Å²) in [4.78, 5) is 9.72. The Bertz CT molecular complexity index is 966.